The van der Waals surface area contributed by atoms with Crippen molar-refractivity contribution in [3.8, 4) is 5.75 Å². The summed E-state index contributed by atoms with van der Waals surface area (Å²) in [4.78, 5) is 28.2. The molecule has 4 rings (SSSR count). The van der Waals surface area contributed by atoms with Crippen LogP contribution in [0.3, 0.4) is 0 Å². The molecular formula is C29H28BrNO4. The highest BCUT2D eigenvalue weighted by Gasteiger charge is 2.46. The number of Topliss-reactive ketones (excluding diaryl/α,β-unsaturated/α-hetero) is 1. The minimum Gasteiger partial charge on any atom is -0.507 e. The highest BCUT2D eigenvalue weighted by molar-refractivity contribution is 9.10. The maximum absolute atomic E-state index is 13.4. The summed E-state index contributed by atoms with van der Waals surface area (Å²) in [6, 6.07) is 21.4. The summed E-state index contributed by atoms with van der Waals surface area (Å²) in [5, 5.41) is 11.2. The van der Waals surface area contributed by atoms with Gasteiger partial charge >= 0.3 is 0 Å². The Bertz CT molecular complexity index is 1300. The van der Waals surface area contributed by atoms with Gasteiger partial charge in [0.15, 0.2) is 0 Å². The number of aliphatic hydroxyl groups excluding tert-OH is 1. The monoisotopic (exact) mass is 533 g/mol. The minimum atomic E-state index is -0.735. The van der Waals surface area contributed by atoms with Gasteiger partial charge in [-0.1, -0.05) is 76.1 Å². The second-order valence-corrected chi connectivity index (χ2v) is 10.6. The number of hydrogen-bond acceptors (Lipinski definition) is 4. The van der Waals surface area contributed by atoms with Gasteiger partial charge in [0.25, 0.3) is 11.7 Å². The Balaban J connectivity index is 1.85. The van der Waals surface area contributed by atoms with E-state index < -0.39 is 23.3 Å². The number of benzene rings is 3. The number of para-hydroxylation sites is 1. The lowest BCUT2D eigenvalue weighted by Gasteiger charge is -2.28. The smallest absolute Gasteiger partial charge is 0.295 e. The topological polar surface area (TPSA) is 66.8 Å². The van der Waals surface area contributed by atoms with E-state index in [1.807, 2.05) is 76.2 Å². The van der Waals surface area contributed by atoms with E-state index in [1.54, 1.807) is 24.3 Å². The van der Waals surface area contributed by atoms with Crippen molar-refractivity contribution in [1.29, 1.82) is 0 Å². The van der Waals surface area contributed by atoms with Crippen LogP contribution in [-0.4, -0.2) is 27.3 Å². The zero-order valence-corrected chi connectivity index (χ0v) is 21.8. The molecule has 180 valence electrons. The molecular weight excluding hydrogens is 506 g/mol. The van der Waals surface area contributed by atoms with Crippen LogP contribution in [0.5, 0.6) is 5.75 Å². The Morgan fingerprint density at radius 2 is 1.69 bits per heavy atom. The number of hydrogen-bond donors (Lipinski definition) is 1. The molecule has 1 aliphatic heterocycles. The first-order valence-corrected chi connectivity index (χ1v) is 12.2. The molecule has 1 N–H and O–H groups in total. The van der Waals surface area contributed by atoms with Gasteiger partial charge in [0.2, 0.25) is 0 Å². The molecule has 1 atom stereocenters. The first kappa shape index (κ1) is 24.7. The van der Waals surface area contributed by atoms with Crippen molar-refractivity contribution in [1.82, 2.24) is 4.90 Å². The van der Waals surface area contributed by atoms with Crippen molar-refractivity contribution in [3.63, 3.8) is 0 Å². The number of aryl methyl sites for hydroxylation is 1. The van der Waals surface area contributed by atoms with Gasteiger partial charge in [0, 0.05) is 15.6 Å². The van der Waals surface area contributed by atoms with Gasteiger partial charge in [-0.25, -0.2) is 0 Å². The minimum absolute atomic E-state index is 0.0807. The van der Waals surface area contributed by atoms with Crippen LogP contribution in [0, 0.1) is 6.92 Å². The number of nitrogens with zero attached hydrogens (tertiary/aromatic N) is 1. The van der Waals surface area contributed by atoms with Crippen LogP contribution in [0.2, 0.25) is 0 Å². The Hall–Kier alpha value is -3.38. The maximum Gasteiger partial charge on any atom is 0.295 e. The van der Waals surface area contributed by atoms with Crippen LogP contribution < -0.4 is 4.74 Å². The molecule has 1 amide bonds. The molecule has 1 saturated heterocycles. The molecule has 0 bridgehead atoms. The van der Waals surface area contributed by atoms with Crippen LogP contribution in [0.4, 0.5) is 0 Å². The zero-order valence-electron chi connectivity index (χ0n) is 20.2. The van der Waals surface area contributed by atoms with Crippen molar-refractivity contribution in [2.75, 3.05) is 0 Å². The van der Waals surface area contributed by atoms with Crippen LogP contribution in [0.25, 0.3) is 5.76 Å². The third-order valence-electron chi connectivity index (χ3n) is 5.74. The summed E-state index contributed by atoms with van der Waals surface area (Å²) < 4.78 is 6.98. The molecule has 35 heavy (non-hydrogen) atoms. The van der Waals surface area contributed by atoms with Gasteiger partial charge in [-0.05, 0) is 51.5 Å². The third-order valence-corrected chi connectivity index (χ3v) is 6.27. The van der Waals surface area contributed by atoms with Crippen molar-refractivity contribution in [3.05, 3.63) is 105 Å². The largest absolute Gasteiger partial charge is 0.507 e. The van der Waals surface area contributed by atoms with Crippen LogP contribution in [-0.2, 0) is 16.1 Å². The van der Waals surface area contributed by atoms with Gasteiger partial charge in [0.1, 0.15) is 17.1 Å². The molecule has 5 nitrogen and oxygen atoms in total. The van der Waals surface area contributed by atoms with E-state index in [0.29, 0.717) is 11.3 Å². The molecule has 0 radical (unpaired) electrons. The molecule has 6 heteroatoms. The predicted octanol–water partition coefficient (Wildman–Crippen LogP) is 6.56. The molecule has 3 aromatic carbocycles. The Labute approximate surface area is 214 Å². The molecule has 1 unspecified atom stereocenters. The maximum atomic E-state index is 13.4. The number of ketones is 1. The van der Waals surface area contributed by atoms with Gasteiger partial charge < -0.3 is 14.7 Å². The van der Waals surface area contributed by atoms with E-state index in [1.165, 1.54) is 4.90 Å². The second kappa shape index (κ2) is 9.70. The average Bonchev–Trinajstić information content (AvgIpc) is 3.04. The van der Waals surface area contributed by atoms with E-state index in [-0.39, 0.29) is 17.9 Å². The number of halogens is 1. The van der Waals surface area contributed by atoms with Crippen LogP contribution in [0.15, 0.2) is 82.8 Å². The van der Waals surface area contributed by atoms with Gasteiger partial charge in [-0.2, -0.15) is 0 Å². The summed E-state index contributed by atoms with van der Waals surface area (Å²) >= 11 is 3.39. The number of ether oxygens (including phenoxy) is 1. The summed E-state index contributed by atoms with van der Waals surface area (Å²) in [7, 11) is 0. The van der Waals surface area contributed by atoms with E-state index in [0.717, 1.165) is 21.2 Å². The second-order valence-electron chi connectivity index (χ2n) is 9.67. The lowest BCUT2D eigenvalue weighted by molar-refractivity contribution is -0.140. The Morgan fingerprint density at radius 1 is 1.00 bits per heavy atom. The normalized spacial score (nSPS) is 17.6. The molecule has 1 fully saturated rings. The van der Waals surface area contributed by atoms with E-state index in [9.17, 15) is 14.7 Å². The average molecular weight is 534 g/mol. The molecule has 0 aliphatic carbocycles. The molecule has 0 saturated carbocycles. The quantitative estimate of drug-likeness (QED) is 0.229. The Morgan fingerprint density at radius 3 is 2.34 bits per heavy atom. The van der Waals surface area contributed by atoms with Gasteiger partial charge in [-0.15, -0.1) is 0 Å². The number of aliphatic hydroxyl groups is 1. The summed E-state index contributed by atoms with van der Waals surface area (Å²) in [6.07, 6.45) is 0. The van der Waals surface area contributed by atoms with Gasteiger partial charge in [0.05, 0.1) is 18.2 Å². The molecule has 0 spiro atoms. The summed E-state index contributed by atoms with van der Waals surface area (Å²) in [5.41, 5.74) is 2.66. The standard InChI is InChI=1S/C29H28BrNO4/c1-18-8-7-10-20(16-18)25-24(26(32)19-12-14-22(30)15-13-19)27(33)28(34)31(25)17-21-9-5-6-11-23(21)35-29(2,3)4/h5-16,25,32H,17H2,1-4H3/b26-24+. The predicted molar refractivity (Wildman–Crippen MR) is 140 cm³/mol. The summed E-state index contributed by atoms with van der Waals surface area (Å²) in [6.45, 7) is 7.99. The highest BCUT2D eigenvalue weighted by atomic mass is 79.9. The van der Waals surface area contributed by atoms with Gasteiger partial charge in [-0.3, -0.25) is 9.59 Å². The zero-order chi connectivity index (χ0) is 25.3. The van der Waals surface area contributed by atoms with E-state index in [2.05, 4.69) is 15.9 Å². The SMILES string of the molecule is Cc1cccc(C2/C(=C(\O)c3ccc(Br)cc3)C(=O)C(=O)N2Cc2ccccc2OC(C)(C)C)c1. The summed E-state index contributed by atoms with van der Waals surface area (Å²) in [5.74, 6) is -0.895. The third kappa shape index (κ3) is 5.33. The molecule has 0 aromatic heterocycles. The number of likely N-dealkylation sites (tertiary alicyclic amines) is 1. The fraction of sp³-hybridized carbons (Fsp3) is 0.241. The lowest BCUT2D eigenvalue weighted by Crippen LogP contribution is -2.30. The molecule has 1 heterocycles. The first-order chi connectivity index (χ1) is 16.5. The highest BCUT2D eigenvalue weighted by Crippen LogP contribution is 2.41. The molecule has 3 aromatic rings. The number of carbonyl (C=O) groups is 2. The van der Waals surface area contributed by atoms with E-state index in [4.69, 9.17) is 4.74 Å². The van der Waals surface area contributed by atoms with Crippen LogP contribution in [0.1, 0.15) is 49.1 Å². The van der Waals surface area contributed by atoms with Crippen molar-refractivity contribution in [2.24, 2.45) is 0 Å². The number of amides is 1. The van der Waals surface area contributed by atoms with Crippen molar-refractivity contribution >= 4 is 33.4 Å². The first-order valence-electron chi connectivity index (χ1n) is 11.4. The fourth-order valence-electron chi connectivity index (χ4n) is 4.24. The van der Waals surface area contributed by atoms with E-state index >= 15 is 0 Å². The fourth-order valence-corrected chi connectivity index (χ4v) is 4.50. The van der Waals surface area contributed by atoms with Crippen LogP contribution >= 0.6 is 15.9 Å². The van der Waals surface area contributed by atoms with Crippen molar-refractivity contribution in [2.45, 2.75) is 45.9 Å². The number of carbonyl (C=O) groups excluding carboxylic acids is 2. The molecule has 1 aliphatic rings. The van der Waals surface area contributed by atoms with Crippen molar-refractivity contribution < 1.29 is 19.4 Å². The lowest BCUT2D eigenvalue weighted by atomic mass is 9.94. The Kier molecular flexibility index (Phi) is 6.86. The number of rotatable bonds is 5.